The van der Waals surface area contributed by atoms with Crippen molar-refractivity contribution in [1.29, 1.82) is 0 Å². The first-order chi connectivity index (χ1) is 10.6. The number of hydrogen-bond acceptors (Lipinski definition) is 4. The zero-order valence-electron chi connectivity index (χ0n) is 12.7. The second kappa shape index (κ2) is 6.50. The van der Waals surface area contributed by atoms with E-state index >= 15 is 0 Å². The molecule has 0 saturated carbocycles. The lowest BCUT2D eigenvalue weighted by molar-refractivity contribution is -0.0655. The van der Waals surface area contributed by atoms with E-state index in [-0.39, 0.29) is 18.2 Å². The van der Waals surface area contributed by atoms with Crippen LogP contribution < -0.4 is 5.32 Å². The first kappa shape index (κ1) is 15.1. The van der Waals surface area contributed by atoms with Crippen LogP contribution in [0.1, 0.15) is 24.3 Å². The molecular formula is C15H20N4O2S. The number of ether oxygens (including phenoxy) is 1. The van der Waals surface area contributed by atoms with Crippen molar-refractivity contribution < 1.29 is 9.53 Å². The normalized spacial score (nSPS) is 21.8. The van der Waals surface area contributed by atoms with Crippen molar-refractivity contribution in [3.05, 3.63) is 40.3 Å². The van der Waals surface area contributed by atoms with Crippen molar-refractivity contribution in [1.82, 2.24) is 20.0 Å². The van der Waals surface area contributed by atoms with Gasteiger partial charge in [-0.2, -0.15) is 16.4 Å². The Balaban J connectivity index is 1.60. The lowest BCUT2D eigenvalue weighted by Gasteiger charge is -2.36. The topological polar surface area (TPSA) is 59.4 Å². The van der Waals surface area contributed by atoms with Crippen molar-refractivity contribution in [2.75, 3.05) is 13.1 Å². The minimum Gasteiger partial charge on any atom is -0.367 e. The van der Waals surface area contributed by atoms with Crippen molar-refractivity contribution in [3.8, 4) is 0 Å². The van der Waals surface area contributed by atoms with Crippen molar-refractivity contribution in [3.63, 3.8) is 0 Å². The highest BCUT2D eigenvalue weighted by molar-refractivity contribution is 7.07. The molecular weight excluding hydrogens is 300 g/mol. The van der Waals surface area contributed by atoms with E-state index in [0.29, 0.717) is 19.6 Å². The van der Waals surface area contributed by atoms with Crippen LogP contribution >= 0.6 is 11.3 Å². The summed E-state index contributed by atoms with van der Waals surface area (Å²) in [7, 11) is 1.87. The first-order valence-corrected chi connectivity index (χ1v) is 8.25. The number of carbonyl (C=O) groups excluding carboxylic acids is 1. The van der Waals surface area contributed by atoms with Gasteiger partial charge in [0.25, 0.3) is 0 Å². The molecule has 0 aromatic carbocycles. The van der Waals surface area contributed by atoms with Crippen LogP contribution in [0.25, 0.3) is 0 Å². The summed E-state index contributed by atoms with van der Waals surface area (Å²) in [5.74, 6) is 0. The summed E-state index contributed by atoms with van der Waals surface area (Å²) in [6.45, 7) is 3.67. The van der Waals surface area contributed by atoms with Gasteiger partial charge >= 0.3 is 6.03 Å². The molecule has 0 radical (unpaired) electrons. The van der Waals surface area contributed by atoms with Crippen molar-refractivity contribution in [2.24, 2.45) is 7.05 Å². The van der Waals surface area contributed by atoms with Crippen LogP contribution in [0.5, 0.6) is 0 Å². The molecule has 0 bridgehead atoms. The second-order valence-corrected chi connectivity index (χ2v) is 6.28. The van der Waals surface area contributed by atoms with Gasteiger partial charge in [-0.1, -0.05) is 0 Å². The van der Waals surface area contributed by atoms with E-state index in [9.17, 15) is 4.79 Å². The zero-order valence-corrected chi connectivity index (χ0v) is 13.5. The number of rotatable bonds is 3. The minimum atomic E-state index is -0.0587. The molecule has 2 atom stereocenters. The van der Waals surface area contributed by atoms with Gasteiger partial charge in [0.2, 0.25) is 0 Å². The molecule has 6 nitrogen and oxygen atoms in total. The molecule has 0 aliphatic carbocycles. The van der Waals surface area contributed by atoms with Crippen LogP contribution in [0.3, 0.4) is 0 Å². The fourth-order valence-corrected chi connectivity index (χ4v) is 3.31. The highest BCUT2D eigenvalue weighted by Gasteiger charge is 2.29. The molecule has 0 spiro atoms. The minimum absolute atomic E-state index is 0.0288. The predicted octanol–water partition coefficient (Wildman–Crippen LogP) is 2.15. The standard InChI is InChI=1S/C15H20N4O2S/c1-11-8-19(9-14(21-11)12-4-6-22-10-12)15(20)16-7-13-3-5-17-18(13)2/h3-6,10-11,14H,7-9H2,1-2H3,(H,16,20)/t11-,14+/m1/s1. The largest absolute Gasteiger partial charge is 0.367 e. The molecule has 1 N–H and O–H groups in total. The van der Waals surface area contributed by atoms with Gasteiger partial charge in [-0.05, 0) is 35.4 Å². The van der Waals surface area contributed by atoms with Crippen LogP contribution in [-0.4, -0.2) is 39.9 Å². The molecule has 0 unspecified atom stereocenters. The van der Waals surface area contributed by atoms with Gasteiger partial charge in [0.05, 0.1) is 24.9 Å². The number of urea groups is 1. The van der Waals surface area contributed by atoms with Crippen LogP contribution in [0.2, 0.25) is 0 Å². The summed E-state index contributed by atoms with van der Waals surface area (Å²) in [5, 5.41) is 11.2. The number of hydrogen-bond donors (Lipinski definition) is 1. The Morgan fingerprint density at radius 2 is 2.36 bits per heavy atom. The van der Waals surface area contributed by atoms with Gasteiger partial charge in [0.1, 0.15) is 6.10 Å². The molecule has 3 heterocycles. The van der Waals surface area contributed by atoms with Crippen LogP contribution in [-0.2, 0) is 18.3 Å². The molecule has 22 heavy (non-hydrogen) atoms. The molecule has 3 rings (SSSR count). The van der Waals surface area contributed by atoms with Gasteiger partial charge < -0.3 is 15.0 Å². The number of aromatic nitrogens is 2. The SMILES string of the molecule is C[C@@H]1CN(C(=O)NCc2ccnn2C)C[C@@H](c2ccsc2)O1. The second-order valence-electron chi connectivity index (χ2n) is 5.50. The van der Waals surface area contributed by atoms with E-state index in [1.54, 1.807) is 22.2 Å². The fourth-order valence-electron chi connectivity index (χ4n) is 2.61. The van der Waals surface area contributed by atoms with Crippen molar-refractivity contribution >= 4 is 17.4 Å². The van der Waals surface area contributed by atoms with Gasteiger partial charge in [0.15, 0.2) is 0 Å². The summed E-state index contributed by atoms with van der Waals surface area (Å²) in [5.41, 5.74) is 2.12. The molecule has 2 aromatic rings. The summed E-state index contributed by atoms with van der Waals surface area (Å²) in [4.78, 5) is 14.2. The molecule has 7 heteroatoms. The Morgan fingerprint density at radius 3 is 3.05 bits per heavy atom. The summed E-state index contributed by atoms with van der Waals surface area (Å²) >= 11 is 1.65. The van der Waals surface area contributed by atoms with Crippen LogP contribution in [0.4, 0.5) is 4.79 Å². The van der Waals surface area contributed by atoms with Crippen LogP contribution in [0.15, 0.2) is 29.1 Å². The molecule has 1 saturated heterocycles. The third-order valence-corrected chi connectivity index (χ3v) is 4.51. The Bertz CT molecular complexity index is 625. The molecule has 1 aliphatic rings. The quantitative estimate of drug-likeness (QED) is 0.943. The molecule has 2 amide bonds. The number of carbonyl (C=O) groups is 1. The first-order valence-electron chi connectivity index (χ1n) is 7.30. The molecule has 1 aliphatic heterocycles. The third kappa shape index (κ3) is 3.31. The lowest BCUT2D eigenvalue weighted by Crippen LogP contribution is -2.49. The monoisotopic (exact) mass is 320 g/mol. The van der Waals surface area contributed by atoms with Crippen molar-refractivity contribution in [2.45, 2.75) is 25.7 Å². The average molecular weight is 320 g/mol. The Morgan fingerprint density at radius 1 is 1.50 bits per heavy atom. The van der Waals surface area contributed by atoms with Gasteiger partial charge in [0, 0.05) is 19.8 Å². The predicted molar refractivity (Wildman–Crippen MR) is 84.6 cm³/mol. The maximum absolute atomic E-state index is 12.4. The van der Waals surface area contributed by atoms with Gasteiger partial charge in [-0.25, -0.2) is 4.79 Å². The zero-order chi connectivity index (χ0) is 15.5. The number of aryl methyl sites for hydroxylation is 1. The number of nitrogens with one attached hydrogen (secondary N) is 1. The molecule has 1 fully saturated rings. The van der Waals surface area contributed by atoms with E-state index < -0.39 is 0 Å². The number of thiophene rings is 1. The number of amides is 2. The highest BCUT2D eigenvalue weighted by Crippen LogP contribution is 2.26. The average Bonchev–Trinajstić information content (AvgIpc) is 3.15. The van der Waals surface area contributed by atoms with E-state index in [4.69, 9.17) is 4.74 Å². The smallest absolute Gasteiger partial charge is 0.317 e. The Hall–Kier alpha value is -1.86. The van der Waals surface area contributed by atoms with Crippen LogP contribution in [0, 0.1) is 0 Å². The maximum Gasteiger partial charge on any atom is 0.317 e. The fraction of sp³-hybridized carbons (Fsp3) is 0.467. The summed E-state index contributed by atoms with van der Waals surface area (Å²) < 4.78 is 7.71. The Kier molecular flexibility index (Phi) is 4.44. The van der Waals surface area contributed by atoms with E-state index in [1.165, 1.54) is 0 Å². The highest BCUT2D eigenvalue weighted by atomic mass is 32.1. The van der Waals surface area contributed by atoms with E-state index in [0.717, 1.165) is 11.3 Å². The summed E-state index contributed by atoms with van der Waals surface area (Å²) in [6, 6.07) is 3.90. The molecule has 2 aromatic heterocycles. The Labute approximate surface area is 133 Å². The summed E-state index contributed by atoms with van der Waals surface area (Å²) in [6.07, 6.45) is 1.71. The number of nitrogens with zero attached hydrogens (tertiary/aromatic N) is 3. The van der Waals surface area contributed by atoms with Gasteiger partial charge in [-0.15, -0.1) is 0 Å². The lowest BCUT2D eigenvalue weighted by atomic mass is 10.1. The van der Waals surface area contributed by atoms with E-state index in [2.05, 4.69) is 21.9 Å². The molecule has 118 valence electrons. The number of morpholine rings is 1. The maximum atomic E-state index is 12.4. The van der Waals surface area contributed by atoms with Gasteiger partial charge in [-0.3, -0.25) is 4.68 Å². The third-order valence-electron chi connectivity index (χ3n) is 3.81. The van der Waals surface area contributed by atoms with E-state index in [1.807, 2.05) is 30.3 Å².